The largest absolute Gasteiger partial charge is 0.315 e. The third kappa shape index (κ3) is 2.19. The predicted molar refractivity (Wildman–Crippen MR) is 84.8 cm³/mol. The van der Waals surface area contributed by atoms with Gasteiger partial charge >= 0.3 is 0 Å². The van der Waals surface area contributed by atoms with Gasteiger partial charge in [-0.3, -0.25) is 0 Å². The lowest BCUT2D eigenvalue weighted by molar-refractivity contribution is 0.446. The standard InChI is InChI=1S/C18H28N2/c1-17(2)16(18(17,3)4)12-19-11-15-14-8-6-5-7-13(14)9-10-20-15/h5-8,15-16,19-20H,9-12H2,1-4H3. The fourth-order valence-corrected chi connectivity index (χ4v) is 3.99. The molecule has 0 amide bonds. The van der Waals surface area contributed by atoms with Gasteiger partial charge in [-0.15, -0.1) is 0 Å². The van der Waals surface area contributed by atoms with Gasteiger partial charge in [0, 0.05) is 12.6 Å². The lowest BCUT2D eigenvalue weighted by atomic mass is 9.94. The van der Waals surface area contributed by atoms with E-state index in [0.29, 0.717) is 16.9 Å². The van der Waals surface area contributed by atoms with E-state index in [1.807, 2.05) is 0 Å². The van der Waals surface area contributed by atoms with Crippen molar-refractivity contribution in [3.63, 3.8) is 0 Å². The number of rotatable bonds is 4. The summed E-state index contributed by atoms with van der Waals surface area (Å²) in [5, 5.41) is 7.36. The van der Waals surface area contributed by atoms with Crippen LogP contribution >= 0.6 is 0 Å². The minimum absolute atomic E-state index is 0.477. The average molecular weight is 272 g/mol. The number of benzene rings is 1. The molecule has 2 nitrogen and oxygen atoms in total. The summed E-state index contributed by atoms with van der Waals surface area (Å²) in [6, 6.07) is 9.34. The van der Waals surface area contributed by atoms with Gasteiger partial charge in [0.05, 0.1) is 0 Å². The van der Waals surface area contributed by atoms with E-state index in [2.05, 4.69) is 62.6 Å². The molecule has 2 heteroatoms. The highest BCUT2D eigenvalue weighted by atomic mass is 15.0. The molecule has 3 rings (SSSR count). The second kappa shape index (κ2) is 4.85. The van der Waals surface area contributed by atoms with Crippen LogP contribution < -0.4 is 10.6 Å². The SMILES string of the molecule is CC1(C)C(CNCC2NCCc3ccccc32)C1(C)C. The molecule has 0 aromatic heterocycles. The lowest BCUT2D eigenvalue weighted by Crippen LogP contribution is -2.37. The maximum Gasteiger partial charge on any atom is 0.0449 e. The van der Waals surface area contributed by atoms with Crippen LogP contribution in [-0.4, -0.2) is 19.6 Å². The summed E-state index contributed by atoms with van der Waals surface area (Å²) in [4.78, 5) is 0. The summed E-state index contributed by atoms with van der Waals surface area (Å²) in [6.45, 7) is 12.9. The Morgan fingerprint density at radius 2 is 1.80 bits per heavy atom. The Morgan fingerprint density at radius 1 is 1.10 bits per heavy atom. The fourth-order valence-electron chi connectivity index (χ4n) is 3.99. The van der Waals surface area contributed by atoms with Crippen LogP contribution in [0.2, 0.25) is 0 Å². The van der Waals surface area contributed by atoms with Gasteiger partial charge in [-0.2, -0.15) is 0 Å². The second-order valence-electron chi connectivity index (χ2n) is 7.61. The first kappa shape index (κ1) is 14.1. The van der Waals surface area contributed by atoms with Crippen molar-refractivity contribution in [3.05, 3.63) is 35.4 Å². The zero-order chi connectivity index (χ0) is 14.4. The highest BCUT2D eigenvalue weighted by molar-refractivity contribution is 5.32. The molecule has 1 aromatic rings. The first-order valence-corrected chi connectivity index (χ1v) is 7.96. The molecule has 1 atom stereocenters. The van der Waals surface area contributed by atoms with Crippen molar-refractivity contribution in [2.24, 2.45) is 16.7 Å². The van der Waals surface area contributed by atoms with E-state index in [1.165, 1.54) is 11.1 Å². The van der Waals surface area contributed by atoms with E-state index in [9.17, 15) is 0 Å². The molecule has 1 heterocycles. The van der Waals surface area contributed by atoms with Crippen molar-refractivity contribution in [3.8, 4) is 0 Å². The first-order valence-electron chi connectivity index (χ1n) is 7.96. The summed E-state index contributed by atoms with van der Waals surface area (Å²) in [7, 11) is 0. The van der Waals surface area contributed by atoms with Crippen molar-refractivity contribution in [1.29, 1.82) is 0 Å². The Kier molecular flexibility index (Phi) is 3.42. The number of hydrogen-bond acceptors (Lipinski definition) is 2. The molecular weight excluding hydrogens is 244 g/mol. The van der Waals surface area contributed by atoms with Crippen molar-refractivity contribution in [2.45, 2.75) is 40.2 Å². The normalized spacial score (nSPS) is 27.1. The van der Waals surface area contributed by atoms with Crippen molar-refractivity contribution >= 4 is 0 Å². The Balaban J connectivity index is 1.56. The number of nitrogens with one attached hydrogen (secondary N) is 2. The van der Waals surface area contributed by atoms with Crippen LogP contribution in [0.15, 0.2) is 24.3 Å². The van der Waals surface area contributed by atoms with Gasteiger partial charge in [0.2, 0.25) is 0 Å². The predicted octanol–water partition coefficient (Wildman–Crippen LogP) is 3.15. The molecule has 110 valence electrons. The zero-order valence-corrected chi connectivity index (χ0v) is 13.3. The molecule has 0 bridgehead atoms. The van der Waals surface area contributed by atoms with Crippen molar-refractivity contribution in [1.82, 2.24) is 10.6 Å². The molecule has 1 unspecified atom stereocenters. The van der Waals surface area contributed by atoms with Gasteiger partial charge in [-0.1, -0.05) is 52.0 Å². The lowest BCUT2D eigenvalue weighted by Gasteiger charge is -2.27. The van der Waals surface area contributed by atoms with Gasteiger partial charge in [0.1, 0.15) is 0 Å². The number of fused-ring (bicyclic) bond motifs is 1. The average Bonchev–Trinajstić information content (AvgIpc) is 2.81. The molecule has 1 saturated carbocycles. The summed E-state index contributed by atoms with van der Waals surface area (Å²) in [5.74, 6) is 0.800. The van der Waals surface area contributed by atoms with Gasteiger partial charge in [-0.25, -0.2) is 0 Å². The molecule has 0 saturated heterocycles. The summed E-state index contributed by atoms with van der Waals surface area (Å²) < 4.78 is 0. The Bertz CT molecular complexity index is 476. The molecule has 1 aliphatic heterocycles. The smallest absolute Gasteiger partial charge is 0.0449 e. The highest BCUT2D eigenvalue weighted by Crippen LogP contribution is 2.67. The highest BCUT2D eigenvalue weighted by Gasteiger charge is 2.63. The molecule has 2 aliphatic rings. The molecule has 0 radical (unpaired) electrons. The summed E-state index contributed by atoms with van der Waals surface area (Å²) in [6.07, 6.45) is 1.16. The van der Waals surface area contributed by atoms with E-state index in [0.717, 1.165) is 32.0 Å². The molecular formula is C18H28N2. The second-order valence-corrected chi connectivity index (χ2v) is 7.61. The van der Waals surface area contributed by atoms with E-state index < -0.39 is 0 Å². The quantitative estimate of drug-likeness (QED) is 0.880. The van der Waals surface area contributed by atoms with Gasteiger partial charge in [0.25, 0.3) is 0 Å². The molecule has 1 aromatic carbocycles. The maximum absolute atomic E-state index is 3.71. The molecule has 1 aliphatic carbocycles. The first-order chi connectivity index (χ1) is 9.44. The van der Waals surface area contributed by atoms with Crippen LogP contribution in [-0.2, 0) is 6.42 Å². The van der Waals surface area contributed by atoms with E-state index in [4.69, 9.17) is 0 Å². The Labute approximate surface area is 123 Å². The minimum Gasteiger partial charge on any atom is -0.315 e. The van der Waals surface area contributed by atoms with E-state index >= 15 is 0 Å². The van der Waals surface area contributed by atoms with Gasteiger partial charge < -0.3 is 10.6 Å². The van der Waals surface area contributed by atoms with Crippen LogP contribution in [0.25, 0.3) is 0 Å². The van der Waals surface area contributed by atoms with E-state index in [1.54, 1.807) is 0 Å². The van der Waals surface area contributed by atoms with Crippen molar-refractivity contribution < 1.29 is 0 Å². The Morgan fingerprint density at radius 3 is 2.50 bits per heavy atom. The summed E-state index contributed by atoms with van der Waals surface area (Å²) >= 11 is 0. The van der Waals surface area contributed by atoms with Crippen LogP contribution in [0.5, 0.6) is 0 Å². The molecule has 2 N–H and O–H groups in total. The van der Waals surface area contributed by atoms with Crippen LogP contribution in [0.4, 0.5) is 0 Å². The topological polar surface area (TPSA) is 24.1 Å². The molecule has 1 fully saturated rings. The van der Waals surface area contributed by atoms with E-state index in [-0.39, 0.29) is 0 Å². The monoisotopic (exact) mass is 272 g/mol. The zero-order valence-electron chi connectivity index (χ0n) is 13.3. The van der Waals surface area contributed by atoms with Crippen LogP contribution in [0.3, 0.4) is 0 Å². The number of hydrogen-bond donors (Lipinski definition) is 2. The maximum atomic E-state index is 3.71. The minimum atomic E-state index is 0.477. The third-order valence-corrected chi connectivity index (χ3v) is 6.23. The van der Waals surface area contributed by atoms with Crippen LogP contribution in [0.1, 0.15) is 44.9 Å². The van der Waals surface area contributed by atoms with Gasteiger partial charge in [-0.05, 0) is 47.4 Å². The van der Waals surface area contributed by atoms with Crippen LogP contribution in [0, 0.1) is 16.7 Å². The summed E-state index contributed by atoms with van der Waals surface area (Å²) in [5.41, 5.74) is 3.97. The molecule has 0 spiro atoms. The molecule has 20 heavy (non-hydrogen) atoms. The van der Waals surface area contributed by atoms with Gasteiger partial charge in [0.15, 0.2) is 0 Å². The fraction of sp³-hybridized carbons (Fsp3) is 0.667. The Hall–Kier alpha value is -0.860. The third-order valence-electron chi connectivity index (χ3n) is 6.23. The van der Waals surface area contributed by atoms with Crippen molar-refractivity contribution in [2.75, 3.05) is 19.6 Å².